The van der Waals surface area contributed by atoms with E-state index in [4.69, 9.17) is 5.73 Å². The SMILES string of the molecule is Cc1cc(-c2nnc(C(C)N)s2)ccn1. The Morgan fingerprint density at radius 1 is 1.40 bits per heavy atom. The normalized spacial score (nSPS) is 12.7. The average Bonchev–Trinajstić information content (AvgIpc) is 2.66. The second-order valence-electron chi connectivity index (χ2n) is 3.42. The van der Waals surface area contributed by atoms with E-state index in [9.17, 15) is 0 Å². The van der Waals surface area contributed by atoms with Crippen LogP contribution in [0.3, 0.4) is 0 Å². The second kappa shape index (κ2) is 4.04. The van der Waals surface area contributed by atoms with Crippen LogP contribution in [0.5, 0.6) is 0 Å². The van der Waals surface area contributed by atoms with E-state index in [0.717, 1.165) is 21.3 Å². The van der Waals surface area contributed by atoms with Gasteiger partial charge in [-0.3, -0.25) is 4.98 Å². The topological polar surface area (TPSA) is 64.7 Å². The third-order valence-electron chi connectivity index (χ3n) is 1.97. The summed E-state index contributed by atoms with van der Waals surface area (Å²) < 4.78 is 0. The molecule has 0 aliphatic heterocycles. The Hall–Kier alpha value is -1.33. The molecule has 0 amide bonds. The van der Waals surface area contributed by atoms with E-state index in [1.807, 2.05) is 26.0 Å². The maximum absolute atomic E-state index is 5.73. The fraction of sp³-hybridized carbons (Fsp3) is 0.300. The highest BCUT2D eigenvalue weighted by Gasteiger charge is 2.09. The number of nitrogens with two attached hydrogens (primary N) is 1. The van der Waals surface area contributed by atoms with Crippen LogP contribution in [-0.4, -0.2) is 15.2 Å². The Bertz CT molecular complexity index is 464. The predicted octanol–water partition coefficient (Wildman–Crippen LogP) is 1.93. The molecule has 4 nitrogen and oxygen atoms in total. The Labute approximate surface area is 92.2 Å². The minimum atomic E-state index is -0.0563. The fourth-order valence-electron chi connectivity index (χ4n) is 1.21. The Balaban J connectivity index is 2.37. The van der Waals surface area contributed by atoms with Gasteiger partial charge in [0.25, 0.3) is 0 Å². The molecule has 15 heavy (non-hydrogen) atoms. The maximum Gasteiger partial charge on any atom is 0.147 e. The summed E-state index contributed by atoms with van der Waals surface area (Å²) in [5.41, 5.74) is 7.76. The molecule has 2 aromatic rings. The number of nitrogens with zero attached hydrogens (tertiary/aromatic N) is 3. The van der Waals surface area contributed by atoms with Gasteiger partial charge in [0.1, 0.15) is 10.0 Å². The van der Waals surface area contributed by atoms with Gasteiger partial charge < -0.3 is 5.73 Å². The smallest absolute Gasteiger partial charge is 0.147 e. The molecule has 0 fully saturated rings. The van der Waals surface area contributed by atoms with Gasteiger partial charge in [0.05, 0.1) is 6.04 Å². The van der Waals surface area contributed by atoms with E-state index >= 15 is 0 Å². The van der Waals surface area contributed by atoms with Gasteiger partial charge in [-0.15, -0.1) is 10.2 Å². The lowest BCUT2D eigenvalue weighted by Gasteiger charge is -1.96. The first-order chi connectivity index (χ1) is 7.16. The van der Waals surface area contributed by atoms with Crippen LogP contribution in [0.15, 0.2) is 18.3 Å². The zero-order chi connectivity index (χ0) is 10.8. The minimum Gasteiger partial charge on any atom is -0.322 e. The first-order valence-electron chi connectivity index (χ1n) is 4.69. The van der Waals surface area contributed by atoms with E-state index in [1.54, 1.807) is 6.20 Å². The molecule has 2 aromatic heterocycles. The van der Waals surface area contributed by atoms with Crippen LogP contribution < -0.4 is 5.73 Å². The van der Waals surface area contributed by atoms with Crippen molar-refractivity contribution in [2.75, 3.05) is 0 Å². The molecular weight excluding hydrogens is 208 g/mol. The number of hydrogen-bond donors (Lipinski definition) is 1. The summed E-state index contributed by atoms with van der Waals surface area (Å²) in [5.74, 6) is 0. The molecule has 5 heteroatoms. The van der Waals surface area contributed by atoms with E-state index < -0.39 is 0 Å². The zero-order valence-electron chi connectivity index (χ0n) is 8.64. The minimum absolute atomic E-state index is 0.0563. The van der Waals surface area contributed by atoms with Crippen molar-refractivity contribution in [2.45, 2.75) is 19.9 Å². The summed E-state index contributed by atoms with van der Waals surface area (Å²) in [6.07, 6.45) is 1.78. The molecule has 2 N–H and O–H groups in total. The molecule has 0 aromatic carbocycles. The monoisotopic (exact) mass is 220 g/mol. The van der Waals surface area contributed by atoms with Gasteiger partial charge in [0.2, 0.25) is 0 Å². The lowest BCUT2D eigenvalue weighted by Crippen LogP contribution is -2.03. The molecule has 2 rings (SSSR count). The molecule has 0 spiro atoms. The molecule has 1 unspecified atom stereocenters. The highest BCUT2D eigenvalue weighted by atomic mass is 32.1. The van der Waals surface area contributed by atoms with Gasteiger partial charge in [-0.25, -0.2) is 0 Å². The van der Waals surface area contributed by atoms with E-state index in [1.165, 1.54) is 11.3 Å². The number of aryl methyl sites for hydroxylation is 1. The van der Waals surface area contributed by atoms with Crippen LogP contribution in [0, 0.1) is 6.92 Å². The van der Waals surface area contributed by atoms with Crippen LogP contribution in [0.2, 0.25) is 0 Å². The molecule has 0 saturated heterocycles. The quantitative estimate of drug-likeness (QED) is 0.839. The molecule has 0 aliphatic carbocycles. The number of aromatic nitrogens is 3. The largest absolute Gasteiger partial charge is 0.322 e. The van der Waals surface area contributed by atoms with Crippen molar-refractivity contribution < 1.29 is 0 Å². The van der Waals surface area contributed by atoms with Crippen molar-refractivity contribution in [3.63, 3.8) is 0 Å². The molecule has 0 bridgehead atoms. The third-order valence-corrected chi connectivity index (χ3v) is 3.15. The average molecular weight is 220 g/mol. The highest BCUT2D eigenvalue weighted by molar-refractivity contribution is 7.14. The molecule has 2 heterocycles. The van der Waals surface area contributed by atoms with Crippen molar-refractivity contribution >= 4 is 11.3 Å². The molecule has 78 valence electrons. The number of rotatable bonds is 2. The predicted molar refractivity (Wildman–Crippen MR) is 60.5 cm³/mol. The summed E-state index contributed by atoms with van der Waals surface area (Å²) in [6, 6.07) is 3.86. The van der Waals surface area contributed by atoms with Crippen LogP contribution in [-0.2, 0) is 0 Å². The Kier molecular flexibility index (Phi) is 2.75. The first-order valence-corrected chi connectivity index (χ1v) is 5.50. The van der Waals surface area contributed by atoms with Crippen LogP contribution in [0.1, 0.15) is 23.7 Å². The Morgan fingerprint density at radius 2 is 2.20 bits per heavy atom. The van der Waals surface area contributed by atoms with Crippen LogP contribution in [0.25, 0.3) is 10.6 Å². The van der Waals surface area contributed by atoms with Crippen LogP contribution >= 0.6 is 11.3 Å². The molecular formula is C10H12N4S. The highest BCUT2D eigenvalue weighted by Crippen LogP contribution is 2.25. The lowest BCUT2D eigenvalue weighted by molar-refractivity contribution is 0.786. The van der Waals surface area contributed by atoms with Crippen molar-refractivity contribution in [3.8, 4) is 10.6 Å². The van der Waals surface area contributed by atoms with Crippen molar-refractivity contribution in [1.82, 2.24) is 15.2 Å². The van der Waals surface area contributed by atoms with Gasteiger partial charge in [0, 0.05) is 17.5 Å². The van der Waals surface area contributed by atoms with Gasteiger partial charge in [-0.2, -0.15) is 0 Å². The first kappa shape index (κ1) is 10.2. The summed E-state index contributed by atoms with van der Waals surface area (Å²) in [4.78, 5) is 4.14. The molecule has 0 radical (unpaired) electrons. The fourth-order valence-corrected chi connectivity index (χ4v) is 2.01. The van der Waals surface area contributed by atoms with Crippen molar-refractivity contribution in [1.29, 1.82) is 0 Å². The Morgan fingerprint density at radius 3 is 2.80 bits per heavy atom. The molecule has 1 atom stereocenters. The lowest BCUT2D eigenvalue weighted by atomic mass is 10.2. The third kappa shape index (κ3) is 2.19. The summed E-state index contributed by atoms with van der Waals surface area (Å²) in [7, 11) is 0. The standard InChI is InChI=1S/C10H12N4S/c1-6-5-8(3-4-12-6)10-14-13-9(15-10)7(2)11/h3-5,7H,11H2,1-2H3. The summed E-state index contributed by atoms with van der Waals surface area (Å²) in [6.45, 7) is 3.86. The number of hydrogen-bond acceptors (Lipinski definition) is 5. The zero-order valence-corrected chi connectivity index (χ0v) is 9.45. The number of pyridine rings is 1. The second-order valence-corrected chi connectivity index (χ2v) is 4.43. The summed E-state index contributed by atoms with van der Waals surface area (Å²) >= 11 is 1.53. The van der Waals surface area contributed by atoms with E-state index in [2.05, 4.69) is 15.2 Å². The van der Waals surface area contributed by atoms with Crippen molar-refractivity contribution in [2.24, 2.45) is 5.73 Å². The van der Waals surface area contributed by atoms with E-state index in [-0.39, 0.29) is 6.04 Å². The molecule has 0 saturated carbocycles. The van der Waals surface area contributed by atoms with Crippen LogP contribution in [0.4, 0.5) is 0 Å². The van der Waals surface area contributed by atoms with Gasteiger partial charge in [-0.1, -0.05) is 11.3 Å². The summed E-state index contributed by atoms with van der Waals surface area (Å²) in [5, 5.41) is 9.91. The maximum atomic E-state index is 5.73. The van der Waals surface area contributed by atoms with Crippen molar-refractivity contribution in [3.05, 3.63) is 29.0 Å². The van der Waals surface area contributed by atoms with E-state index in [0.29, 0.717) is 0 Å². The molecule has 0 aliphatic rings. The van der Waals surface area contributed by atoms with Gasteiger partial charge >= 0.3 is 0 Å². The van der Waals surface area contributed by atoms with Gasteiger partial charge in [-0.05, 0) is 26.0 Å². The van der Waals surface area contributed by atoms with Gasteiger partial charge in [0.15, 0.2) is 0 Å².